The number of rotatable bonds is 5. The highest BCUT2D eigenvalue weighted by Crippen LogP contribution is 2.17. The number of hydrogen-bond donors (Lipinski definition) is 0. The highest BCUT2D eigenvalue weighted by Gasteiger charge is 2.20. The third-order valence-corrected chi connectivity index (χ3v) is 5.76. The minimum absolute atomic E-state index is 0.0500. The second-order valence-corrected chi connectivity index (χ2v) is 7.78. The summed E-state index contributed by atoms with van der Waals surface area (Å²) in [5, 5.41) is 9.14. The fraction of sp³-hybridized carbons (Fsp3) is 0.304. The number of aryl methyl sites for hydroxylation is 1. The SMILES string of the molecule is O=C(CCc1nnc2n(Cc3ccc(F)cc3)c(=O)c3ccccc3n12)N1CCOCC1. The lowest BCUT2D eigenvalue weighted by molar-refractivity contribution is -0.135. The van der Waals surface area contributed by atoms with E-state index in [4.69, 9.17) is 4.74 Å². The molecule has 2 aromatic carbocycles. The van der Waals surface area contributed by atoms with E-state index in [1.54, 1.807) is 23.1 Å². The first-order chi connectivity index (χ1) is 15.6. The summed E-state index contributed by atoms with van der Waals surface area (Å²) in [7, 11) is 0. The summed E-state index contributed by atoms with van der Waals surface area (Å²) in [5.41, 5.74) is 1.28. The Kier molecular flexibility index (Phi) is 5.40. The van der Waals surface area contributed by atoms with Crippen LogP contribution in [-0.2, 0) is 22.5 Å². The summed E-state index contributed by atoms with van der Waals surface area (Å²) < 4.78 is 22.0. The zero-order valence-corrected chi connectivity index (χ0v) is 17.4. The Bertz CT molecular complexity index is 1340. The molecule has 32 heavy (non-hydrogen) atoms. The summed E-state index contributed by atoms with van der Waals surface area (Å²) in [5.74, 6) is 0.728. The van der Waals surface area contributed by atoms with Crippen molar-refractivity contribution >= 4 is 22.6 Å². The number of ether oxygens (including phenoxy) is 1. The van der Waals surface area contributed by atoms with E-state index < -0.39 is 0 Å². The van der Waals surface area contributed by atoms with Gasteiger partial charge in [0.2, 0.25) is 11.7 Å². The second-order valence-electron chi connectivity index (χ2n) is 7.78. The Hall–Kier alpha value is -3.59. The van der Waals surface area contributed by atoms with Crippen LogP contribution in [0, 0.1) is 5.82 Å². The Morgan fingerprint density at radius 3 is 2.56 bits per heavy atom. The first-order valence-electron chi connectivity index (χ1n) is 10.6. The predicted octanol–water partition coefficient (Wildman–Crippen LogP) is 2.02. The summed E-state index contributed by atoms with van der Waals surface area (Å²) in [4.78, 5) is 27.6. The molecule has 3 heterocycles. The van der Waals surface area contributed by atoms with E-state index in [-0.39, 0.29) is 23.8 Å². The minimum Gasteiger partial charge on any atom is -0.378 e. The van der Waals surface area contributed by atoms with Crippen LogP contribution in [0.4, 0.5) is 4.39 Å². The lowest BCUT2D eigenvalue weighted by Crippen LogP contribution is -2.40. The number of aromatic nitrogens is 4. The molecular formula is C23H22FN5O3. The van der Waals surface area contributed by atoms with Gasteiger partial charge in [0.25, 0.3) is 5.56 Å². The third-order valence-electron chi connectivity index (χ3n) is 5.76. The lowest BCUT2D eigenvalue weighted by Gasteiger charge is -2.26. The van der Waals surface area contributed by atoms with Gasteiger partial charge in [0.15, 0.2) is 0 Å². The Morgan fingerprint density at radius 2 is 1.78 bits per heavy atom. The molecule has 8 nitrogen and oxygen atoms in total. The summed E-state index contributed by atoms with van der Waals surface area (Å²) in [6, 6.07) is 13.3. The van der Waals surface area contributed by atoms with E-state index in [0.717, 1.165) is 5.56 Å². The molecule has 0 N–H and O–H groups in total. The van der Waals surface area contributed by atoms with E-state index in [1.807, 2.05) is 22.6 Å². The highest BCUT2D eigenvalue weighted by molar-refractivity contribution is 5.80. The quantitative estimate of drug-likeness (QED) is 0.479. The smallest absolute Gasteiger partial charge is 0.263 e. The molecule has 9 heteroatoms. The van der Waals surface area contributed by atoms with Crippen molar-refractivity contribution in [2.45, 2.75) is 19.4 Å². The van der Waals surface area contributed by atoms with Crippen LogP contribution < -0.4 is 5.56 Å². The average Bonchev–Trinajstić information content (AvgIpc) is 3.26. The van der Waals surface area contributed by atoms with Crippen molar-refractivity contribution in [2.75, 3.05) is 26.3 Å². The highest BCUT2D eigenvalue weighted by atomic mass is 19.1. The fourth-order valence-corrected chi connectivity index (χ4v) is 4.08. The Morgan fingerprint density at radius 1 is 1.03 bits per heavy atom. The topological polar surface area (TPSA) is 81.7 Å². The molecule has 2 aromatic heterocycles. The van der Waals surface area contributed by atoms with Gasteiger partial charge in [-0.05, 0) is 29.8 Å². The molecule has 1 saturated heterocycles. The van der Waals surface area contributed by atoms with Crippen molar-refractivity contribution in [3.05, 3.63) is 76.1 Å². The number of carbonyl (C=O) groups is 1. The molecule has 0 radical (unpaired) electrons. The molecule has 0 unspecified atom stereocenters. The Balaban J connectivity index is 1.54. The van der Waals surface area contributed by atoms with Crippen LogP contribution in [0.1, 0.15) is 17.8 Å². The fourth-order valence-electron chi connectivity index (χ4n) is 4.08. The standard InChI is InChI=1S/C23H22FN5O3/c24-17-7-5-16(6-8-17)15-28-22(31)18-3-1-2-4-19(18)29-20(25-26-23(28)29)9-10-21(30)27-11-13-32-14-12-27/h1-8H,9-15H2. The predicted molar refractivity (Wildman–Crippen MR) is 116 cm³/mol. The van der Waals surface area contributed by atoms with Gasteiger partial charge in [-0.25, -0.2) is 4.39 Å². The van der Waals surface area contributed by atoms with Crippen LogP contribution in [0.5, 0.6) is 0 Å². The second kappa shape index (κ2) is 8.51. The molecule has 0 bridgehead atoms. The largest absolute Gasteiger partial charge is 0.378 e. The van der Waals surface area contributed by atoms with Gasteiger partial charge in [-0.1, -0.05) is 24.3 Å². The van der Waals surface area contributed by atoms with Crippen LogP contribution in [-0.4, -0.2) is 56.3 Å². The number of hydrogen-bond acceptors (Lipinski definition) is 5. The van der Waals surface area contributed by atoms with Gasteiger partial charge in [0.1, 0.15) is 11.6 Å². The van der Waals surface area contributed by atoms with Gasteiger partial charge in [-0.3, -0.25) is 18.6 Å². The molecule has 0 aliphatic carbocycles. The van der Waals surface area contributed by atoms with Crippen LogP contribution in [0.3, 0.4) is 0 Å². The number of amides is 1. The van der Waals surface area contributed by atoms with Crippen molar-refractivity contribution in [3.8, 4) is 0 Å². The van der Waals surface area contributed by atoms with Crippen molar-refractivity contribution in [1.29, 1.82) is 0 Å². The molecule has 1 aliphatic heterocycles. The van der Waals surface area contributed by atoms with Crippen LogP contribution in [0.25, 0.3) is 16.7 Å². The van der Waals surface area contributed by atoms with E-state index in [1.165, 1.54) is 16.7 Å². The molecule has 0 spiro atoms. The molecule has 1 fully saturated rings. The first-order valence-corrected chi connectivity index (χ1v) is 10.6. The normalized spacial score (nSPS) is 14.3. The number of nitrogens with zero attached hydrogens (tertiary/aromatic N) is 5. The number of morpholine rings is 1. The summed E-state index contributed by atoms with van der Waals surface area (Å²) in [6.07, 6.45) is 0.697. The number of para-hydroxylation sites is 1. The number of fused-ring (bicyclic) bond motifs is 3. The van der Waals surface area contributed by atoms with E-state index in [2.05, 4.69) is 10.2 Å². The maximum Gasteiger partial charge on any atom is 0.263 e. The first kappa shape index (κ1) is 20.3. The summed E-state index contributed by atoms with van der Waals surface area (Å²) >= 11 is 0. The van der Waals surface area contributed by atoms with E-state index in [0.29, 0.717) is 61.6 Å². The van der Waals surface area contributed by atoms with Gasteiger partial charge in [0.05, 0.1) is 30.7 Å². The van der Waals surface area contributed by atoms with Crippen molar-refractivity contribution in [2.24, 2.45) is 0 Å². The molecule has 4 aromatic rings. The molecule has 0 saturated carbocycles. The van der Waals surface area contributed by atoms with Crippen molar-refractivity contribution < 1.29 is 13.9 Å². The number of benzene rings is 2. The van der Waals surface area contributed by atoms with Crippen molar-refractivity contribution in [1.82, 2.24) is 24.1 Å². The Labute approximate surface area is 182 Å². The average molecular weight is 435 g/mol. The van der Waals surface area contributed by atoms with Crippen LogP contribution in [0.15, 0.2) is 53.3 Å². The van der Waals surface area contributed by atoms with Crippen LogP contribution in [0.2, 0.25) is 0 Å². The zero-order valence-electron chi connectivity index (χ0n) is 17.4. The molecule has 1 amide bonds. The van der Waals surface area contributed by atoms with Gasteiger partial charge in [-0.15, -0.1) is 10.2 Å². The molecule has 0 atom stereocenters. The molecule has 5 rings (SSSR count). The van der Waals surface area contributed by atoms with Gasteiger partial charge in [0, 0.05) is 25.9 Å². The monoisotopic (exact) mass is 435 g/mol. The van der Waals surface area contributed by atoms with Crippen LogP contribution >= 0.6 is 0 Å². The van der Waals surface area contributed by atoms with Crippen molar-refractivity contribution in [3.63, 3.8) is 0 Å². The maximum atomic E-state index is 13.3. The molecule has 164 valence electrons. The number of carbonyl (C=O) groups excluding carboxylic acids is 1. The maximum absolute atomic E-state index is 13.3. The number of halogens is 1. The zero-order chi connectivity index (χ0) is 22.1. The lowest BCUT2D eigenvalue weighted by atomic mass is 10.2. The molecule has 1 aliphatic rings. The van der Waals surface area contributed by atoms with Gasteiger partial charge < -0.3 is 9.64 Å². The van der Waals surface area contributed by atoms with Gasteiger partial charge >= 0.3 is 0 Å². The minimum atomic E-state index is -0.334. The van der Waals surface area contributed by atoms with E-state index in [9.17, 15) is 14.0 Å². The van der Waals surface area contributed by atoms with Gasteiger partial charge in [-0.2, -0.15) is 0 Å². The summed E-state index contributed by atoms with van der Waals surface area (Å²) in [6.45, 7) is 2.54. The van der Waals surface area contributed by atoms with E-state index >= 15 is 0 Å². The third kappa shape index (κ3) is 3.75. The molecular weight excluding hydrogens is 413 g/mol.